The number of nitrogens with zero attached hydrogens (tertiary/aromatic N) is 2. The molecule has 1 atom stereocenters. The second-order valence-electron chi connectivity index (χ2n) is 4.55. The molecule has 1 unspecified atom stereocenters. The van der Waals surface area contributed by atoms with Gasteiger partial charge >= 0.3 is 0 Å². The average molecular weight is 223 g/mol. The molecule has 16 heavy (non-hydrogen) atoms. The molecule has 0 amide bonds. The van der Waals surface area contributed by atoms with Gasteiger partial charge in [-0.3, -0.25) is 4.68 Å². The summed E-state index contributed by atoms with van der Waals surface area (Å²) in [7, 11) is 1.68. The zero-order valence-corrected chi connectivity index (χ0v) is 10.1. The molecule has 1 aliphatic rings. The van der Waals surface area contributed by atoms with Crippen LogP contribution >= 0.6 is 0 Å². The van der Waals surface area contributed by atoms with Gasteiger partial charge in [-0.05, 0) is 19.3 Å². The predicted octanol–water partition coefficient (Wildman–Crippen LogP) is 2.10. The molecule has 1 heterocycles. The topological polar surface area (TPSA) is 53.1 Å². The summed E-state index contributed by atoms with van der Waals surface area (Å²) in [5, 5.41) is 4.29. The van der Waals surface area contributed by atoms with Crippen molar-refractivity contribution in [3.63, 3.8) is 0 Å². The van der Waals surface area contributed by atoms with E-state index >= 15 is 0 Å². The number of methoxy groups -OCH3 is 1. The molecule has 2 N–H and O–H groups in total. The van der Waals surface area contributed by atoms with Crippen LogP contribution < -0.4 is 10.5 Å². The summed E-state index contributed by atoms with van der Waals surface area (Å²) in [5.74, 6) is 1.63. The zero-order valence-electron chi connectivity index (χ0n) is 10.1. The highest BCUT2D eigenvalue weighted by atomic mass is 16.5. The minimum Gasteiger partial charge on any atom is -0.493 e. The van der Waals surface area contributed by atoms with E-state index in [9.17, 15) is 0 Å². The van der Waals surface area contributed by atoms with E-state index in [1.54, 1.807) is 13.3 Å². The summed E-state index contributed by atoms with van der Waals surface area (Å²) in [6.07, 6.45) is 6.84. The van der Waals surface area contributed by atoms with Gasteiger partial charge in [0.2, 0.25) is 0 Å². The lowest BCUT2D eigenvalue weighted by molar-refractivity contribution is 0.270. The van der Waals surface area contributed by atoms with Crippen molar-refractivity contribution >= 4 is 0 Å². The summed E-state index contributed by atoms with van der Waals surface area (Å²) >= 11 is 0. The Bertz CT molecular complexity index is 323. The smallest absolute Gasteiger partial charge is 0.161 e. The Hall–Kier alpha value is -1.03. The summed E-state index contributed by atoms with van der Waals surface area (Å²) < 4.78 is 7.27. The van der Waals surface area contributed by atoms with E-state index in [0.29, 0.717) is 0 Å². The molecular weight excluding hydrogens is 202 g/mol. The summed E-state index contributed by atoms with van der Waals surface area (Å²) in [5.41, 5.74) is 7.31. The second kappa shape index (κ2) is 4.87. The fourth-order valence-electron chi connectivity index (χ4n) is 2.36. The van der Waals surface area contributed by atoms with Crippen molar-refractivity contribution in [3.8, 4) is 5.75 Å². The number of hydrogen-bond acceptors (Lipinski definition) is 3. The molecule has 2 rings (SSSR count). The molecule has 4 heteroatoms. The van der Waals surface area contributed by atoms with Gasteiger partial charge in [0.25, 0.3) is 0 Å². The predicted molar refractivity (Wildman–Crippen MR) is 63.3 cm³/mol. The summed E-state index contributed by atoms with van der Waals surface area (Å²) in [4.78, 5) is 0. The number of nitrogens with two attached hydrogens (primary N) is 1. The number of aryl methyl sites for hydroxylation is 1. The number of aromatic nitrogens is 2. The van der Waals surface area contributed by atoms with Crippen LogP contribution in [0.3, 0.4) is 0 Å². The van der Waals surface area contributed by atoms with Crippen molar-refractivity contribution in [2.75, 3.05) is 7.11 Å². The number of hydrogen-bond donors (Lipinski definition) is 1. The van der Waals surface area contributed by atoms with E-state index in [4.69, 9.17) is 10.5 Å². The van der Waals surface area contributed by atoms with Crippen molar-refractivity contribution in [2.45, 2.75) is 45.2 Å². The van der Waals surface area contributed by atoms with Crippen LogP contribution in [0.1, 0.15) is 44.3 Å². The zero-order chi connectivity index (χ0) is 11.5. The molecule has 1 aromatic rings. The van der Waals surface area contributed by atoms with Crippen LogP contribution in [0.15, 0.2) is 6.20 Å². The highest BCUT2D eigenvalue weighted by Gasteiger charge is 2.25. The molecule has 0 aromatic carbocycles. The first kappa shape index (κ1) is 11.5. The summed E-state index contributed by atoms with van der Waals surface area (Å²) in [6.45, 7) is 2.92. The SMILES string of the molecule is CCn1ncc(OC)c1C(N)CC1CCC1. The standard InChI is InChI=1S/C12H21N3O/c1-3-15-12(11(16-2)8-14-15)10(13)7-9-5-4-6-9/h8-10H,3-7,13H2,1-2H3. The van der Waals surface area contributed by atoms with Crippen molar-refractivity contribution < 1.29 is 4.74 Å². The van der Waals surface area contributed by atoms with Gasteiger partial charge in [-0.1, -0.05) is 19.3 Å². The Balaban J connectivity index is 2.12. The van der Waals surface area contributed by atoms with Crippen molar-refractivity contribution in [1.82, 2.24) is 9.78 Å². The van der Waals surface area contributed by atoms with Gasteiger partial charge in [-0.15, -0.1) is 0 Å². The van der Waals surface area contributed by atoms with Gasteiger partial charge in [0, 0.05) is 6.54 Å². The van der Waals surface area contributed by atoms with Gasteiger partial charge in [0.1, 0.15) is 0 Å². The lowest BCUT2D eigenvalue weighted by Crippen LogP contribution is -2.23. The number of rotatable bonds is 5. The Kier molecular flexibility index (Phi) is 3.49. The third kappa shape index (κ3) is 2.07. The fraction of sp³-hybridized carbons (Fsp3) is 0.750. The van der Waals surface area contributed by atoms with Crippen LogP contribution in [-0.2, 0) is 6.54 Å². The van der Waals surface area contributed by atoms with Gasteiger partial charge in [-0.2, -0.15) is 5.10 Å². The average Bonchev–Trinajstić information content (AvgIpc) is 2.65. The van der Waals surface area contributed by atoms with Crippen molar-refractivity contribution in [1.29, 1.82) is 0 Å². The lowest BCUT2D eigenvalue weighted by Gasteiger charge is -2.28. The van der Waals surface area contributed by atoms with E-state index < -0.39 is 0 Å². The summed E-state index contributed by atoms with van der Waals surface area (Å²) in [6, 6.07) is 0.0581. The van der Waals surface area contributed by atoms with E-state index in [2.05, 4.69) is 12.0 Å². The minimum absolute atomic E-state index is 0.0581. The van der Waals surface area contributed by atoms with Gasteiger partial charge in [0.05, 0.1) is 25.0 Å². The maximum Gasteiger partial charge on any atom is 0.161 e. The fourth-order valence-corrected chi connectivity index (χ4v) is 2.36. The normalized spacial score (nSPS) is 18.2. The van der Waals surface area contributed by atoms with Gasteiger partial charge in [-0.25, -0.2) is 0 Å². The third-order valence-electron chi connectivity index (χ3n) is 3.53. The molecule has 1 fully saturated rings. The molecule has 1 saturated carbocycles. The first-order valence-corrected chi connectivity index (χ1v) is 6.11. The second-order valence-corrected chi connectivity index (χ2v) is 4.55. The molecule has 1 aromatic heterocycles. The van der Waals surface area contributed by atoms with Gasteiger partial charge in [0.15, 0.2) is 5.75 Å². The Morgan fingerprint density at radius 2 is 2.38 bits per heavy atom. The molecule has 1 aliphatic carbocycles. The van der Waals surface area contributed by atoms with Crippen molar-refractivity contribution in [2.24, 2.45) is 11.7 Å². The van der Waals surface area contributed by atoms with E-state index in [0.717, 1.165) is 30.3 Å². The quantitative estimate of drug-likeness (QED) is 0.831. The highest BCUT2D eigenvalue weighted by molar-refractivity contribution is 5.28. The highest BCUT2D eigenvalue weighted by Crippen LogP contribution is 2.35. The van der Waals surface area contributed by atoms with Crippen molar-refractivity contribution in [3.05, 3.63) is 11.9 Å². The third-order valence-corrected chi connectivity index (χ3v) is 3.53. The van der Waals surface area contributed by atoms with Crippen LogP contribution in [0.25, 0.3) is 0 Å². The van der Waals surface area contributed by atoms with E-state index in [1.165, 1.54) is 19.3 Å². The Morgan fingerprint density at radius 1 is 1.62 bits per heavy atom. The first-order chi connectivity index (χ1) is 7.76. The molecular formula is C12H21N3O. The molecule has 4 nitrogen and oxygen atoms in total. The Morgan fingerprint density at radius 3 is 2.88 bits per heavy atom. The molecule has 0 saturated heterocycles. The van der Waals surface area contributed by atoms with E-state index in [1.807, 2.05) is 4.68 Å². The first-order valence-electron chi connectivity index (χ1n) is 6.11. The molecule has 0 bridgehead atoms. The lowest BCUT2D eigenvalue weighted by atomic mass is 9.80. The van der Waals surface area contributed by atoms with Crippen LogP contribution in [-0.4, -0.2) is 16.9 Å². The molecule has 0 aliphatic heterocycles. The van der Waals surface area contributed by atoms with Crippen LogP contribution in [0.5, 0.6) is 5.75 Å². The largest absolute Gasteiger partial charge is 0.493 e. The number of ether oxygens (including phenoxy) is 1. The maximum atomic E-state index is 6.26. The van der Waals surface area contributed by atoms with E-state index in [-0.39, 0.29) is 6.04 Å². The van der Waals surface area contributed by atoms with Crippen LogP contribution in [0.4, 0.5) is 0 Å². The monoisotopic (exact) mass is 223 g/mol. The molecule has 0 spiro atoms. The van der Waals surface area contributed by atoms with Crippen LogP contribution in [0.2, 0.25) is 0 Å². The Labute approximate surface area is 96.8 Å². The minimum atomic E-state index is 0.0581. The maximum absolute atomic E-state index is 6.26. The molecule has 0 radical (unpaired) electrons. The van der Waals surface area contributed by atoms with Gasteiger partial charge < -0.3 is 10.5 Å². The van der Waals surface area contributed by atoms with Crippen LogP contribution in [0, 0.1) is 5.92 Å². The molecule has 90 valence electrons.